The second kappa shape index (κ2) is 8.37. The summed E-state index contributed by atoms with van der Waals surface area (Å²) < 4.78 is 5.53. The topological polar surface area (TPSA) is 12.5 Å². The van der Waals surface area contributed by atoms with Crippen molar-refractivity contribution in [3.63, 3.8) is 0 Å². The van der Waals surface area contributed by atoms with Gasteiger partial charge in [0.15, 0.2) is 0 Å². The van der Waals surface area contributed by atoms with Crippen molar-refractivity contribution in [2.75, 3.05) is 32.1 Å². The molecule has 1 saturated heterocycles. The molecule has 1 fully saturated rings. The lowest BCUT2D eigenvalue weighted by atomic mass is 10.1. The Bertz CT molecular complexity index is 155. The van der Waals surface area contributed by atoms with Crippen molar-refractivity contribution in [3.05, 3.63) is 0 Å². The standard InChI is InChI=1S/C12H24ClNO/c1-2-3-4-5-6-7-14-8-9-15-12(10-13)11-14/h12H,2-11H2,1H3. The summed E-state index contributed by atoms with van der Waals surface area (Å²) in [5, 5.41) is 0. The summed E-state index contributed by atoms with van der Waals surface area (Å²) in [5.41, 5.74) is 0. The Balaban J connectivity index is 2.00. The first-order valence-corrected chi connectivity index (χ1v) is 6.80. The second-order valence-electron chi connectivity index (χ2n) is 4.36. The molecule has 1 aliphatic heterocycles. The molecule has 0 bridgehead atoms. The Morgan fingerprint density at radius 3 is 2.80 bits per heavy atom. The highest BCUT2D eigenvalue weighted by Gasteiger charge is 2.18. The normalized spacial score (nSPS) is 23.2. The van der Waals surface area contributed by atoms with E-state index >= 15 is 0 Å². The molecule has 90 valence electrons. The molecule has 1 unspecified atom stereocenters. The largest absolute Gasteiger partial charge is 0.374 e. The van der Waals surface area contributed by atoms with E-state index in [1.54, 1.807) is 0 Å². The molecule has 2 nitrogen and oxygen atoms in total. The van der Waals surface area contributed by atoms with Crippen LogP contribution in [0, 0.1) is 0 Å². The first kappa shape index (κ1) is 13.3. The maximum absolute atomic E-state index is 5.80. The minimum absolute atomic E-state index is 0.260. The van der Waals surface area contributed by atoms with E-state index in [-0.39, 0.29) is 6.10 Å². The Labute approximate surface area is 98.9 Å². The van der Waals surface area contributed by atoms with Crippen molar-refractivity contribution in [3.8, 4) is 0 Å². The minimum atomic E-state index is 0.260. The molecular weight excluding hydrogens is 210 g/mol. The number of hydrogen-bond donors (Lipinski definition) is 0. The van der Waals surface area contributed by atoms with Crippen molar-refractivity contribution in [1.29, 1.82) is 0 Å². The van der Waals surface area contributed by atoms with E-state index in [0.717, 1.165) is 19.7 Å². The Kier molecular flexibility index (Phi) is 7.41. The van der Waals surface area contributed by atoms with Gasteiger partial charge in [-0.2, -0.15) is 0 Å². The molecule has 0 spiro atoms. The van der Waals surface area contributed by atoms with Crippen LogP contribution in [0.15, 0.2) is 0 Å². The maximum atomic E-state index is 5.80. The van der Waals surface area contributed by atoms with Gasteiger partial charge in [0.05, 0.1) is 12.7 Å². The van der Waals surface area contributed by atoms with E-state index in [1.165, 1.54) is 38.6 Å². The number of nitrogens with zero attached hydrogens (tertiary/aromatic N) is 1. The van der Waals surface area contributed by atoms with Crippen LogP contribution in [0.3, 0.4) is 0 Å². The van der Waals surface area contributed by atoms with Gasteiger partial charge in [-0.25, -0.2) is 0 Å². The number of rotatable bonds is 7. The summed E-state index contributed by atoms with van der Waals surface area (Å²) in [7, 11) is 0. The van der Waals surface area contributed by atoms with Gasteiger partial charge in [-0.1, -0.05) is 32.6 Å². The first-order valence-electron chi connectivity index (χ1n) is 6.26. The molecule has 1 rings (SSSR count). The van der Waals surface area contributed by atoms with Crippen molar-refractivity contribution >= 4 is 11.6 Å². The van der Waals surface area contributed by atoms with Crippen LogP contribution in [0.25, 0.3) is 0 Å². The van der Waals surface area contributed by atoms with Gasteiger partial charge in [0.2, 0.25) is 0 Å². The van der Waals surface area contributed by atoms with Gasteiger partial charge in [-0.15, -0.1) is 11.6 Å². The summed E-state index contributed by atoms with van der Waals surface area (Å²) in [5.74, 6) is 0.631. The summed E-state index contributed by atoms with van der Waals surface area (Å²) >= 11 is 5.80. The zero-order valence-electron chi connectivity index (χ0n) is 9.88. The van der Waals surface area contributed by atoms with Crippen LogP contribution < -0.4 is 0 Å². The average molecular weight is 234 g/mol. The highest BCUT2D eigenvalue weighted by Crippen LogP contribution is 2.09. The lowest BCUT2D eigenvalue weighted by Gasteiger charge is -2.31. The Hall–Kier alpha value is 0.210. The zero-order valence-corrected chi connectivity index (χ0v) is 10.6. The molecule has 0 amide bonds. The zero-order chi connectivity index (χ0) is 10.9. The molecule has 15 heavy (non-hydrogen) atoms. The SMILES string of the molecule is CCCCCCCN1CCOC(CCl)C1. The van der Waals surface area contributed by atoms with Crippen LogP contribution in [0.4, 0.5) is 0 Å². The number of unbranched alkanes of at least 4 members (excludes halogenated alkanes) is 4. The van der Waals surface area contributed by atoms with E-state index in [1.807, 2.05) is 0 Å². The van der Waals surface area contributed by atoms with Gasteiger partial charge in [0, 0.05) is 19.0 Å². The van der Waals surface area contributed by atoms with Crippen LogP contribution in [0.5, 0.6) is 0 Å². The number of alkyl halides is 1. The molecule has 0 N–H and O–H groups in total. The van der Waals surface area contributed by atoms with Gasteiger partial charge in [0.25, 0.3) is 0 Å². The van der Waals surface area contributed by atoms with Gasteiger partial charge in [-0.3, -0.25) is 4.90 Å². The molecule has 1 heterocycles. The third-order valence-corrected chi connectivity index (χ3v) is 3.32. The summed E-state index contributed by atoms with van der Waals surface area (Å²) in [6.07, 6.45) is 7.06. The van der Waals surface area contributed by atoms with Crippen LogP contribution in [-0.2, 0) is 4.74 Å². The van der Waals surface area contributed by atoms with E-state index in [4.69, 9.17) is 16.3 Å². The van der Waals surface area contributed by atoms with Gasteiger partial charge >= 0.3 is 0 Å². The number of ether oxygens (including phenoxy) is 1. The fourth-order valence-electron chi connectivity index (χ4n) is 2.02. The van der Waals surface area contributed by atoms with E-state index in [2.05, 4.69) is 11.8 Å². The Morgan fingerprint density at radius 1 is 1.27 bits per heavy atom. The molecule has 1 atom stereocenters. The molecule has 0 aromatic rings. The quantitative estimate of drug-likeness (QED) is 0.495. The molecule has 3 heteroatoms. The molecule has 1 aliphatic rings. The monoisotopic (exact) mass is 233 g/mol. The predicted octanol–water partition coefficient (Wildman–Crippen LogP) is 2.90. The lowest BCUT2D eigenvalue weighted by molar-refractivity contribution is -0.0167. The minimum Gasteiger partial charge on any atom is -0.374 e. The molecule has 0 radical (unpaired) electrons. The number of halogens is 1. The summed E-state index contributed by atoms with van der Waals surface area (Å²) in [6, 6.07) is 0. The molecule has 0 aliphatic carbocycles. The van der Waals surface area contributed by atoms with Crippen molar-refractivity contribution in [1.82, 2.24) is 4.90 Å². The smallest absolute Gasteiger partial charge is 0.0837 e. The lowest BCUT2D eigenvalue weighted by Crippen LogP contribution is -2.43. The molecule has 0 saturated carbocycles. The van der Waals surface area contributed by atoms with E-state index < -0.39 is 0 Å². The van der Waals surface area contributed by atoms with Gasteiger partial charge in [-0.05, 0) is 13.0 Å². The molecular formula is C12H24ClNO. The second-order valence-corrected chi connectivity index (χ2v) is 4.67. The first-order chi connectivity index (χ1) is 7.36. The fraction of sp³-hybridized carbons (Fsp3) is 1.00. The summed E-state index contributed by atoms with van der Waals surface area (Å²) in [6.45, 7) is 6.44. The number of morpholine rings is 1. The molecule has 0 aromatic carbocycles. The van der Waals surface area contributed by atoms with Crippen LogP contribution in [-0.4, -0.2) is 43.1 Å². The molecule has 0 aromatic heterocycles. The predicted molar refractivity (Wildman–Crippen MR) is 65.7 cm³/mol. The Morgan fingerprint density at radius 2 is 2.07 bits per heavy atom. The van der Waals surface area contributed by atoms with Crippen molar-refractivity contribution in [2.45, 2.75) is 45.1 Å². The summed E-state index contributed by atoms with van der Waals surface area (Å²) in [4.78, 5) is 2.49. The highest BCUT2D eigenvalue weighted by atomic mass is 35.5. The van der Waals surface area contributed by atoms with Crippen molar-refractivity contribution < 1.29 is 4.74 Å². The maximum Gasteiger partial charge on any atom is 0.0837 e. The van der Waals surface area contributed by atoms with Crippen LogP contribution >= 0.6 is 11.6 Å². The third-order valence-electron chi connectivity index (χ3n) is 2.97. The van der Waals surface area contributed by atoms with E-state index in [9.17, 15) is 0 Å². The van der Waals surface area contributed by atoms with Crippen LogP contribution in [0.2, 0.25) is 0 Å². The fourth-order valence-corrected chi connectivity index (χ4v) is 2.20. The van der Waals surface area contributed by atoms with E-state index in [0.29, 0.717) is 5.88 Å². The third kappa shape index (κ3) is 5.74. The van der Waals surface area contributed by atoms with Crippen molar-refractivity contribution in [2.24, 2.45) is 0 Å². The highest BCUT2D eigenvalue weighted by molar-refractivity contribution is 6.18. The van der Waals surface area contributed by atoms with Crippen LogP contribution in [0.1, 0.15) is 39.0 Å². The van der Waals surface area contributed by atoms with Gasteiger partial charge in [0.1, 0.15) is 0 Å². The number of hydrogen-bond acceptors (Lipinski definition) is 2. The van der Waals surface area contributed by atoms with Gasteiger partial charge < -0.3 is 4.74 Å². The average Bonchev–Trinajstić information content (AvgIpc) is 2.29.